The maximum atomic E-state index is 6.54. The molecule has 3 nitrogen and oxygen atoms in total. The number of fused-ring (bicyclic) bond motifs is 7. The number of rotatable bonds is 4. The summed E-state index contributed by atoms with van der Waals surface area (Å²) in [6.45, 7) is 0. The average Bonchev–Trinajstić information content (AvgIpc) is 3.50. The van der Waals surface area contributed by atoms with Crippen LogP contribution in [0.5, 0.6) is 23.0 Å². The van der Waals surface area contributed by atoms with Crippen molar-refractivity contribution >= 4 is 48.6 Å². The zero-order valence-electron chi connectivity index (χ0n) is 25.3. The molecule has 0 aliphatic carbocycles. The van der Waals surface area contributed by atoms with Gasteiger partial charge in [-0.05, 0) is 78.4 Å². The normalized spacial score (nSPS) is 13.6. The van der Waals surface area contributed by atoms with Gasteiger partial charge in [-0.25, -0.2) is 0 Å². The average molecular weight is 622 g/mol. The summed E-state index contributed by atoms with van der Waals surface area (Å²) in [5, 5.41) is 2.57. The Morgan fingerprint density at radius 1 is 0.426 bits per heavy atom. The molecule has 0 fully saturated rings. The van der Waals surface area contributed by atoms with E-state index in [-0.39, 0.29) is 0 Å². The van der Waals surface area contributed by atoms with Crippen LogP contribution in [-0.4, -0.2) is 0 Å². The van der Waals surface area contributed by atoms with Gasteiger partial charge in [-0.15, -0.1) is 11.3 Å². The van der Waals surface area contributed by atoms with Gasteiger partial charge in [0.15, 0.2) is 0 Å². The molecule has 2 aliphatic heterocycles. The van der Waals surface area contributed by atoms with Crippen LogP contribution in [0.3, 0.4) is 0 Å². The zero-order valence-corrected chi connectivity index (χ0v) is 26.1. The standard InChI is InChI=1S/C43H27NO2S/c1-2-11-29(12-3-1)44(31-25-26-41-33(27-31)32-13-4-9-20-40(32)47-41)30-23-21-28(22-24-30)43-34-14-5-7-16-36(34)45-38-18-10-19-39(42(38)43)46-37-17-8-6-15-35(37)43/h1-27H. The number of nitrogens with zero attached hydrogens (tertiary/aromatic N) is 1. The van der Waals surface area contributed by atoms with Crippen LogP contribution in [0.4, 0.5) is 17.1 Å². The minimum atomic E-state index is -0.611. The molecule has 2 aliphatic rings. The summed E-state index contributed by atoms with van der Waals surface area (Å²) >= 11 is 1.84. The van der Waals surface area contributed by atoms with E-state index in [9.17, 15) is 0 Å². The van der Waals surface area contributed by atoms with E-state index in [4.69, 9.17) is 9.47 Å². The molecule has 4 heteroatoms. The molecule has 47 heavy (non-hydrogen) atoms. The number of anilines is 3. The van der Waals surface area contributed by atoms with Gasteiger partial charge in [0.1, 0.15) is 23.0 Å². The second-order valence-corrected chi connectivity index (χ2v) is 13.2. The fourth-order valence-electron chi connectivity index (χ4n) is 7.63. The van der Waals surface area contributed by atoms with Crippen molar-refractivity contribution in [1.29, 1.82) is 0 Å². The summed E-state index contributed by atoms with van der Waals surface area (Å²) < 4.78 is 15.7. The van der Waals surface area contributed by atoms with Crippen molar-refractivity contribution in [3.05, 3.63) is 186 Å². The maximum Gasteiger partial charge on any atom is 0.135 e. The molecule has 0 spiro atoms. The molecule has 222 valence electrons. The highest BCUT2D eigenvalue weighted by atomic mass is 32.1. The third-order valence-corrected chi connectivity index (χ3v) is 10.7. The van der Waals surface area contributed by atoms with Crippen molar-refractivity contribution in [1.82, 2.24) is 0 Å². The predicted molar refractivity (Wildman–Crippen MR) is 192 cm³/mol. The third kappa shape index (κ3) is 3.79. The number of thiophene rings is 1. The second-order valence-electron chi connectivity index (χ2n) is 12.1. The van der Waals surface area contributed by atoms with Gasteiger partial charge in [0.05, 0.1) is 11.0 Å². The number of hydrogen-bond acceptors (Lipinski definition) is 4. The maximum absolute atomic E-state index is 6.54. The van der Waals surface area contributed by atoms with Gasteiger partial charge < -0.3 is 14.4 Å². The lowest BCUT2D eigenvalue weighted by Crippen LogP contribution is -2.37. The molecular weight excluding hydrogens is 595 g/mol. The van der Waals surface area contributed by atoms with Crippen molar-refractivity contribution in [2.45, 2.75) is 5.41 Å². The van der Waals surface area contributed by atoms with Crippen molar-refractivity contribution < 1.29 is 9.47 Å². The van der Waals surface area contributed by atoms with Gasteiger partial charge in [-0.1, -0.05) is 91.0 Å². The van der Waals surface area contributed by atoms with Crippen LogP contribution >= 0.6 is 11.3 Å². The molecule has 0 unspecified atom stereocenters. The largest absolute Gasteiger partial charge is 0.457 e. The summed E-state index contributed by atoms with van der Waals surface area (Å²) in [5.74, 6) is 3.37. The first-order valence-corrected chi connectivity index (χ1v) is 16.7. The molecule has 8 aromatic rings. The highest BCUT2D eigenvalue weighted by molar-refractivity contribution is 7.25. The zero-order chi connectivity index (χ0) is 31.0. The first-order valence-electron chi connectivity index (χ1n) is 15.8. The first kappa shape index (κ1) is 26.4. The quantitative estimate of drug-likeness (QED) is 0.195. The van der Waals surface area contributed by atoms with Crippen LogP contribution in [0.15, 0.2) is 164 Å². The van der Waals surface area contributed by atoms with E-state index in [0.717, 1.165) is 62.3 Å². The topological polar surface area (TPSA) is 21.7 Å². The van der Waals surface area contributed by atoms with Gasteiger partial charge in [-0.3, -0.25) is 0 Å². The summed E-state index contributed by atoms with van der Waals surface area (Å²) in [5.41, 5.74) is 7.13. The minimum Gasteiger partial charge on any atom is -0.457 e. The van der Waals surface area contributed by atoms with Crippen LogP contribution in [0.2, 0.25) is 0 Å². The Kier molecular flexibility index (Phi) is 5.66. The van der Waals surface area contributed by atoms with Crippen LogP contribution in [-0.2, 0) is 5.41 Å². The van der Waals surface area contributed by atoms with E-state index >= 15 is 0 Å². The number of para-hydroxylation sites is 3. The molecule has 0 amide bonds. The molecule has 0 N–H and O–H groups in total. The molecule has 0 bridgehead atoms. The van der Waals surface area contributed by atoms with Gasteiger partial charge in [0, 0.05) is 48.4 Å². The summed E-state index contributed by atoms with van der Waals surface area (Å²) in [4.78, 5) is 2.35. The minimum absolute atomic E-state index is 0.611. The van der Waals surface area contributed by atoms with Crippen LogP contribution in [0, 0.1) is 0 Å². The molecule has 0 saturated heterocycles. The lowest BCUT2D eigenvalue weighted by atomic mass is 9.62. The Balaban J connectivity index is 1.19. The van der Waals surface area contributed by atoms with Gasteiger partial charge in [-0.2, -0.15) is 0 Å². The Morgan fingerprint density at radius 2 is 0.979 bits per heavy atom. The molecular formula is C43H27NO2S. The molecule has 0 radical (unpaired) electrons. The summed E-state index contributed by atoms with van der Waals surface area (Å²) in [7, 11) is 0. The van der Waals surface area contributed by atoms with Crippen molar-refractivity contribution in [2.75, 3.05) is 4.90 Å². The summed E-state index contributed by atoms with van der Waals surface area (Å²) in [6.07, 6.45) is 0. The molecule has 10 rings (SSSR count). The smallest absolute Gasteiger partial charge is 0.135 e. The number of hydrogen-bond donors (Lipinski definition) is 0. The second kappa shape index (κ2) is 10.1. The van der Waals surface area contributed by atoms with Crippen LogP contribution in [0.1, 0.15) is 22.3 Å². The molecule has 1 aromatic heterocycles. The van der Waals surface area contributed by atoms with Gasteiger partial charge in [0.25, 0.3) is 0 Å². The fourth-order valence-corrected chi connectivity index (χ4v) is 8.71. The lowest BCUT2D eigenvalue weighted by Gasteiger charge is -2.45. The van der Waals surface area contributed by atoms with Gasteiger partial charge >= 0.3 is 0 Å². The van der Waals surface area contributed by atoms with Crippen LogP contribution in [0.25, 0.3) is 20.2 Å². The molecule has 0 saturated carbocycles. The monoisotopic (exact) mass is 621 g/mol. The Hall–Kier alpha value is -5.84. The van der Waals surface area contributed by atoms with Crippen molar-refractivity contribution in [3.63, 3.8) is 0 Å². The fraction of sp³-hybridized carbons (Fsp3) is 0.0233. The summed E-state index contributed by atoms with van der Waals surface area (Å²) in [6, 6.07) is 58.1. The van der Waals surface area contributed by atoms with E-state index in [2.05, 4.69) is 150 Å². The first-order chi connectivity index (χ1) is 23.3. The van der Waals surface area contributed by atoms with Crippen LogP contribution < -0.4 is 14.4 Å². The van der Waals surface area contributed by atoms with E-state index in [1.165, 1.54) is 20.2 Å². The molecule has 3 heterocycles. The Labute approximate surface area is 276 Å². The lowest BCUT2D eigenvalue weighted by molar-refractivity contribution is 0.385. The highest BCUT2D eigenvalue weighted by Gasteiger charge is 2.51. The van der Waals surface area contributed by atoms with Gasteiger partial charge in [0.2, 0.25) is 0 Å². The Bertz CT molecular complexity index is 2410. The number of benzene rings is 7. The van der Waals surface area contributed by atoms with E-state index in [1.807, 2.05) is 29.5 Å². The number of ether oxygens (including phenoxy) is 2. The highest BCUT2D eigenvalue weighted by Crippen LogP contribution is 2.62. The van der Waals surface area contributed by atoms with E-state index < -0.39 is 5.41 Å². The van der Waals surface area contributed by atoms with E-state index in [1.54, 1.807) is 0 Å². The van der Waals surface area contributed by atoms with Crippen molar-refractivity contribution in [3.8, 4) is 23.0 Å². The Morgan fingerprint density at radius 3 is 1.70 bits per heavy atom. The van der Waals surface area contributed by atoms with E-state index in [0.29, 0.717) is 0 Å². The third-order valence-electron chi connectivity index (χ3n) is 9.58. The predicted octanol–water partition coefficient (Wildman–Crippen LogP) is 12.1. The molecule has 0 atom stereocenters. The molecule has 7 aromatic carbocycles. The SMILES string of the molecule is c1ccc(N(c2ccc(C34c5ccccc5Oc5cccc(c53)Oc3ccccc34)cc2)c2ccc3sc4ccccc4c3c2)cc1. The van der Waals surface area contributed by atoms with Crippen molar-refractivity contribution in [2.24, 2.45) is 0 Å².